The molecule has 0 aliphatic carbocycles. The number of carbonyl (C=O) groups excluding carboxylic acids is 1. The summed E-state index contributed by atoms with van der Waals surface area (Å²) in [6.07, 6.45) is -1.00. The molecule has 8 nitrogen and oxygen atoms in total. The van der Waals surface area contributed by atoms with Gasteiger partial charge in [0.05, 0.1) is 18.9 Å². The lowest BCUT2D eigenvalue weighted by molar-refractivity contribution is -0.156. The van der Waals surface area contributed by atoms with Crippen LogP contribution >= 0.6 is 0 Å². The molecule has 25 heavy (non-hydrogen) atoms. The molecular formula is C17H21NO7. The molecule has 0 aromatic heterocycles. The van der Waals surface area contributed by atoms with E-state index in [1.54, 1.807) is 24.3 Å². The summed E-state index contributed by atoms with van der Waals surface area (Å²) < 4.78 is 10.6. The average Bonchev–Trinajstić information content (AvgIpc) is 2.62. The van der Waals surface area contributed by atoms with Gasteiger partial charge in [-0.2, -0.15) is 0 Å². The minimum Gasteiger partial charge on any atom is -0.496 e. The number of rotatable bonds is 6. The van der Waals surface area contributed by atoms with Crippen molar-refractivity contribution in [2.45, 2.75) is 12.5 Å². The van der Waals surface area contributed by atoms with Crippen molar-refractivity contribution >= 4 is 17.8 Å². The third kappa shape index (κ3) is 4.08. The first kappa shape index (κ1) is 18.7. The molecule has 3 unspecified atom stereocenters. The number of ether oxygens (including phenoxy) is 2. The van der Waals surface area contributed by atoms with Crippen molar-refractivity contribution in [2.75, 3.05) is 27.3 Å². The van der Waals surface area contributed by atoms with E-state index in [-0.39, 0.29) is 19.5 Å². The first-order chi connectivity index (χ1) is 11.9. The van der Waals surface area contributed by atoms with E-state index in [9.17, 15) is 24.6 Å². The fraction of sp³-hybridized carbons (Fsp3) is 0.471. The van der Waals surface area contributed by atoms with E-state index in [1.165, 1.54) is 19.1 Å². The molecule has 8 heteroatoms. The largest absolute Gasteiger partial charge is 0.496 e. The minimum absolute atomic E-state index is 0.000748. The zero-order valence-electron chi connectivity index (χ0n) is 14.0. The van der Waals surface area contributed by atoms with E-state index in [2.05, 4.69) is 0 Å². The summed E-state index contributed by atoms with van der Waals surface area (Å²) in [5.41, 5.74) is 0.502. The summed E-state index contributed by atoms with van der Waals surface area (Å²) >= 11 is 0. The van der Waals surface area contributed by atoms with E-state index in [0.717, 1.165) is 0 Å². The van der Waals surface area contributed by atoms with Crippen LogP contribution < -0.4 is 4.74 Å². The molecule has 2 N–H and O–H groups in total. The Kier molecular flexibility index (Phi) is 5.97. The van der Waals surface area contributed by atoms with E-state index < -0.39 is 35.8 Å². The molecule has 0 bridgehead atoms. The van der Waals surface area contributed by atoms with Crippen molar-refractivity contribution in [1.29, 1.82) is 0 Å². The Morgan fingerprint density at radius 2 is 1.64 bits per heavy atom. The standard InChI is InChI=1S/C17H21NO7/c1-24-13-6-4-3-5-12(13)14(25-2)15(19)18-8-10(16(20)21)7-11(9-18)17(22)23/h3-6,10-11,14H,7-9H2,1-2H3,(H,20,21)(H,22,23). The Morgan fingerprint density at radius 1 is 1.08 bits per heavy atom. The van der Waals surface area contributed by atoms with Crippen molar-refractivity contribution in [1.82, 2.24) is 4.90 Å². The van der Waals surface area contributed by atoms with Crippen LogP contribution in [0.3, 0.4) is 0 Å². The maximum absolute atomic E-state index is 12.9. The molecular weight excluding hydrogens is 330 g/mol. The maximum Gasteiger partial charge on any atom is 0.308 e. The van der Waals surface area contributed by atoms with Gasteiger partial charge in [-0.05, 0) is 12.5 Å². The topological polar surface area (TPSA) is 113 Å². The van der Waals surface area contributed by atoms with Crippen LogP contribution in [0.15, 0.2) is 24.3 Å². The summed E-state index contributed by atoms with van der Waals surface area (Å²) in [6, 6.07) is 6.85. The third-order valence-corrected chi connectivity index (χ3v) is 4.34. The van der Waals surface area contributed by atoms with Crippen LogP contribution in [0.25, 0.3) is 0 Å². The van der Waals surface area contributed by atoms with Gasteiger partial charge in [-0.1, -0.05) is 18.2 Å². The van der Waals surface area contributed by atoms with Gasteiger partial charge in [-0.15, -0.1) is 0 Å². The average molecular weight is 351 g/mol. The smallest absolute Gasteiger partial charge is 0.308 e. The number of methoxy groups -OCH3 is 2. The summed E-state index contributed by atoms with van der Waals surface area (Å²) in [5.74, 6) is -4.10. The SMILES string of the molecule is COc1ccccc1C(OC)C(=O)N1CC(C(=O)O)CC(C(=O)O)C1. The lowest BCUT2D eigenvalue weighted by atomic mass is 9.88. The molecule has 0 saturated carbocycles. The Hall–Kier alpha value is -2.61. The van der Waals surface area contributed by atoms with Gasteiger partial charge < -0.3 is 24.6 Å². The molecule has 1 aliphatic rings. The van der Waals surface area contributed by atoms with E-state index in [4.69, 9.17) is 9.47 Å². The van der Waals surface area contributed by atoms with E-state index >= 15 is 0 Å². The molecule has 136 valence electrons. The second kappa shape index (κ2) is 7.98. The highest BCUT2D eigenvalue weighted by atomic mass is 16.5. The Morgan fingerprint density at radius 3 is 2.12 bits per heavy atom. The van der Waals surface area contributed by atoms with Crippen LogP contribution in [0, 0.1) is 11.8 Å². The van der Waals surface area contributed by atoms with Crippen molar-refractivity contribution in [3.63, 3.8) is 0 Å². The van der Waals surface area contributed by atoms with E-state index in [1.807, 2.05) is 0 Å². The molecule has 1 aromatic carbocycles. The van der Waals surface area contributed by atoms with Crippen molar-refractivity contribution in [3.8, 4) is 5.75 Å². The van der Waals surface area contributed by atoms with Gasteiger partial charge in [0.25, 0.3) is 5.91 Å². The number of piperidine rings is 1. The number of benzene rings is 1. The summed E-state index contributed by atoms with van der Waals surface area (Å²) in [4.78, 5) is 36.8. The van der Waals surface area contributed by atoms with Crippen LogP contribution in [0.4, 0.5) is 0 Å². The molecule has 1 fully saturated rings. The molecule has 0 radical (unpaired) electrons. The zero-order chi connectivity index (χ0) is 18.6. The highest BCUT2D eigenvalue weighted by molar-refractivity contribution is 5.85. The highest BCUT2D eigenvalue weighted by Crippen LogP contribution is 2.31. The molecule has 0 spiro atoms. The second-order valence-corrected chi connectivity index (χ2v) is 5.91. The third-order valence-electron chi connectivity index (χ3n) is 4.34. The summed E-state index contributed by atoms with van der Waals surface area (Å²) in [6.45, 7) is -0.0973. The number of para-hydroxylation sites is 1. The van der Waals surface area contributed by atoms with Gasteiger partial charge in [-0.3, -0.25) is 14.4 Å². The monoisotopic (exact) mass is 351 g/mol. The molecule has 1 saturated heterocycles. The number of hydrogen-bond acceptors (Lipinski definition) is 5. The van der Waals surface area contributed by atoms with Gasteiger partial charge in [0.1, 0.15) is 5.75 Å². The van der Waals surface area contributed by atoms with Crippen LogP contribution in [0.1, 0.15) is 18.1 Å². The molecule has 3 atom stereocenters. The summed E-state index contributed by atoms with van der Waals surface area (Å²) in [7, 11) is 2.83. The molecule has 1 amide bonds. The van der Waals surface area contributed by atoms with Gasteiger partial charge in [0.15, 0.2) is 6.10 Å². The van der Waals surface area contributed by atoms with Gasteiger partial charge in [-0.25, -0.2) is 0 Å². The molecule has 1 heterocycles. The first-order valence-corrected chi connectivity index (χ1v) is 7.79. The second-order valence-electron chi connectivity index (χ2n) is 5.91. The Labute approximate surface area is 144 Å². The number of carboxylic acid groups (broad SMARTS) is 2. The van der Waals surface area contributed by atoms with Crippen molar-refractivity contribution in [3.05, 3.63) is 29.8 Å². The number of amides is 1. The van der Waals surface area contributed by atoms with Gasteiger partial charge >= 0.3 is 11.9 Å². The highest BCUT2D eigenvalue weighted by Gasteiger charge is 2.39. The van der Waals surface area contributed by atoms with Crippen LogP contribution in [-0.4, -0.2) is 60.3 Å². The number of hydrogen-bond donors (Lipinski definition) is 2. The van der Waals surface area contributed by atoms with Gasteiger partial charge in [0, 0.05) is 25.8 Å². The predicted octanol–water partition coefficient (Wildman–Crippen LogP) is 1.02. The normalized spacial score (nSPS) is 21.4. The number of nitrogens with zero attached hydrogens (tertiary/aromatic N) is 1. The number of likely N-dealkylation sites (tertiary alicyclic amines) is 1. The van der Waals surface area contributed by atoms with Crippen LogP contribution in [0.2, 0.25) is 0 Å². The van der Waals surface area contributed by atoms with Crippen molar-refractivity contribution in [2.24, 2.45) is 11.8 Å². The Bertz CT molecular complexity index is 638. The first-order valence-electron chi connectivity index (χ1n) is 7.79. The summed E-state index contributed by atoms with van der Waals surface area (Å²) in [5, 5.41) is 18.5. The molecule has 1 aromatic rings. The van der Waals surface area contributed by atoms with E-state index in [0.29, 0.717) is 11.3 Å². The number of aliphatic carboxylic acids is 2. The number of carbonyl (C=O) groups is 3. The quantitative estimate of drug-likeness (QED) is 0.786. The fourth-order valence-corrected chi connectivity index (χ4v) is 3.05. The number of carboxylic acids is 2. The minimum atomic E-state index is -1.12. The molecule has 1 aliphatic heterocycles. The van der Waals surface area contributed by atoms with Crippen LogP contribution in [-0.2, 0) is 19.1 Å². The van der Waals surface area contributed by atoms with Crippen molar-refractivity contribution < 1.29 is 34.1 Å². The maximum atomic E-state index is 12.9. The fourth-order valence-electron chi connectivity index (χ4n) is 3.05. The lowest BCUT2D eigenvalue weighted by Gasteiger charge is -2.36. The predicted molar refractivity (Wildman–Crippen MR) is 86.2 cm³/mol. The van der Waals surface area contributed by atoms with Gasteiger partial charge in [0.2, 0.25) is 0 Å². The molecule has 2 rings (SSSR count). The zero-order valence-corrected chi connectivity index (χ0v) is 14.0. The Balaban J connectivity index is 2.29. The van der Waals surface area contributed by atoms with Crippen LogP contribution in [0.5, 0.6) is 5.75 Å². The lowest BCUT2D eigenvalue weighted by Crippen LogP contribution is -2.49.